The van der Waals surface area contributed by atoms with Crippen LogP contribution in [0.3, 0.4) is 0 Å². The lowest BCUT2D eigenvalue weighted by molar-refractivity contribution is 1.03. The second kappa shape index (κ2) is 12.7. The standard InChI is InChI=1S/C36H30S3/c1-5-17-31(18-6-1)38(32-19-7-2-8-20-32)35-25-13-15-29(27-35)37-30-16-14-26-36(28-30)39(33-21-9-3-10-22-33)34-23-11-4-12-24-34/h1-23,25-28,34H,24H2/q+2. The van der Waals surface area contributed by atoms with Crippen molar-refractivity contribution in [2.24, 2.45) is 0 Å². The van der Waals surface area contributed by atoms with E-state index in [0.717, 1.165) is 6.42 Å². The quantitative estimate of drug-likeness (QED) is 0.171. The average Bonchev–Trinajstić information content (AvgIpc) is 3.00. The van der Waals surface area contributed by atoms with Crippen molar-refractivity contribution in [3.63, 3.8) is 0 Å². The minimum Gasteiger partial charge on any atom is -0.0897 e. The number of hydrogen-bond donors (Lipinski definition) is 0. The van der Waals surface area contributed by atoms with Gasteiger partial charge >= 0.3 is 0 Å². The Morgan fingerprint density at radius 1 is 0.487 bits per heavy atom. The molecule has 0 spiro atoms. The maximum atomic E-state index is 2.41. The molecule has 0 fully saturated rings. The minimum absolute atomic E-state index is 0.0176. The summed E-state index contributed by atoms with van der Waals surface area (Å²) < 4.78 is 0. The van der Waals surface area contributed by atoms with Gasteiger partial charge in [-0.25, -0.2) is 0 Å². The largest absolute Gasteiger partial charge is 0.167 e. The number of allylic oxidation sites excluding steroid dienone is 3. The van der Waals surface area contributed by atoms with Gasteiger partial charge in [0, 0.05) is 28.3 Å². The highest BCUT2D eigenvalue weighted by atomic mass is 32.2. The lowest BCUT2D eigenvalue weighted by Gasteiger charge is -2.17. The molecule has 0 heterocycles. The SMILES string of the molecule is C1=CCC([S+](c2ccccc2)c2cccc(Sc3cccc([S+](c4ccccc4)c4ccccc4)c3)c2)C=C1. The summed E-state index contributed by atoms with van der Waals surface area (Å²) in [6, 6.07) is 51.1. The predicted octanol–water partition coefficient (Wildman–Crippen LogP) is 9.85. The molecule has 3 heteroatoms. The Morgan fingerprint density at radius 3 is 1.56 bits per heavy atom. The summed E-state index contributed by atoms with van der Waals surface area (Å²) in [7, 11) is -0.167. The molecule has 2 atom stereocenters. The zero-order valence-corrected chi connectivity index (χ0v) is 24.0. The van der Waals surface area contributed by atoms with Crippen molar-refractivity contribution in [1.29, 1.82) is 0 Å². The predicted molar refractivity (Wildman–Crippen MR) is 169 cm³/mol. The number of benzene rings is 5. The summed E-state index contributed by atoms with van der Waals surface area (Å²) in [5.74, 6) is 0. The maximum absolute atomic E-state index is 2.41. The van der Waals surface area contributed by atoms with Crippen LogP contribution in [0.1, 0.15) is 6.42 Å². The van der Waals surface area contributed by atoms with Gasteiger partial charge in [-0.15, -0.1) is 0 Å². The normalized spacial score (nSPS) is 15.4. The van der Waals surface area contributed by atoms with E-state index in [9.17, 15) is 0 Å². The second-order valence-electron chi connectivity index (χ2n) is 9.22. The van der Waals surface area contributed by atoms with Crippen LogP contribution in [0.2, 0.25) is 0 Å². The fourth-order valence-corrected chi connectivity index (χ4v) is 10.5. The van der Waals surface area contributed by atoms with E-state index in [1.165, 1.54) is 34.3 Å². The lowest BCUT2D eigenvalue weighted by Crippen LogP contribution is -2.20. The highest BCUT2D eigenvalue weighted by Crippen LogP contribution is 2.37. The molecule has 2 unspecified atom stereocenters. The Kier molecular flexibility index (Phi) is 8.40. The van der Waals surface area contributed by atoms with Gasteiger partial charge in [-0.1, -0.05) is 96.7 Å². The van der Waals surface area contributed by atoms with Crippen LogP contribution in [0.15, 0.2) is 198 Å². The minimum atomic E-state index is -0.149. The monoisotopic (exact) mass is 558 g/mol. The zero-order chi connectivity index (χ0) is 26.3. The molecular weight excluding hydrogens is 529 g/mol. The average molecular weight is 559 g/mol. The molecule has 1 aliphatic carbocycles. The third kappa shape index (κ3) is 6.28. The van der Waals surface area contributed by atoms with Gasteiger partial charge in [-0.3, -0.25) is 0 Å². The van der Waals surface area contributed by atoms with E-state index in [1.807, 2.05) is 11.8 Å². The second-order valence-corrected chi connectivity index (χ2v) is 14.6. The van der Waals surface area contributed by atoms with E-state index in [1.54, 1.807) is 0 Å². The van der Waals surface area contributed by atoms with E-state index < -0.39 is 0 Å². The zero-order valence-electron chi connectivity index (χ0n) is 21.6. The first-order chi connectivity index (χ1) is 19.3. The van der Waals surface area contributed by atoms with Gasteiger partial charge in [0.1, 0.15) is 0 Å². The van der Waals surface area contributed by atoms with Crippen molar-refractivity contribution < 1.29 is 0 Å². The summed E-state index contributed by atoms with van der Waals surface area (Å²) in [5.41, 5.74) is 0. The smallest absolute Gasteiger partial charge is 0.0897 e. The molecule has 0 saturated heterocycles. The molecule has 0 N–H and O–H groups in total. The van der Waals surface area contributed by atoms with Crippen molar-refractivity contribution in [3.05, 3.63) is 164 Å². The third-order valence-electron chi connectivity index (χ3n) is 6.54. The van der Waals surface area contributed by atoms with Crippen molar-refractivity contribution in [3.8, 4) is 0 Å². The van der Waals surface area contributed by atoms with E-state index in [-0.39, 0.29) is 21.8 Å². The number of rotatable bonds is 8. The summed E-state index contributed by atoms with van der Waals surface area (Å²) in [6.07, 6.45) is 10.1. The summed E-state index contributed by atoms with van der Waals surface area (Å²) >= 11 is 1.86. The Bertz CT molecular complexity index is 1520. The number of hydrogen-bond acceptors (Lipinski definition) is 1. The molecule has 0 radical (unpaired) electrons. The topological polar surface area (TPSA) is 0 Å². The Balaban J connectivity index is 1.32. The molecule has 0 nitrogen and oxygen atoms in total. The van der Waals surface area contributed by atoms with Gasteiger partial charge in [0.2, 0.25) is 0 Å². The summed E-state index contributed by atoms with van der Waals surface area (Å²) in [6.45, 7) is 0. The molecule has 190 valence electrons. The Hall–Kier alpha value is -3.37. The van der Waals surface area contributed by atoms with Crippen LogP contribution in [0.5, 0.6) is 0 Å². The van der Waals surface area contributed by atoms with Gasteiger partial charge in [0.25, 0.3) is 0 Å². The lowest BCUT2D eigenvalue weighted by atomic mass is 10.2. The highest BCUT2D eigenvalue weighted by Gasteiger charge is 2.34. The molecule has 6 rings (SSSR count). The molecule has 39 heavy (non-hydrogen) atoms. The van der Waals surface area contributed by atoms with Gasteiger partial charge in [-0.2, -0.15) is 0 Å². The molecular formula is C36H30S3+2. The van der Waals surface area contributed by atoms with Gasteiger partial charge in [0.05, 0.1) is 21.8 Å². The fraction of sp³-hybridized carbons (Fsp3) is 0.0556. The van der Waals surface area contributed by atoms with Crippen LogP contribution < -0.4 is 0 Å². The first-order valence-electron chi connectivity index (χ1n) is 13.2. The highest BCUT2D eigenvalue weighted by molar-refractivity contribution is 8.00. The molecule has 5 aromatic carbocycles. The molecule has 0 bridgehead atoms. The van der Waals surface area contributed by atoms with Gasteiger partial charge in [-0.05, 0) is 66.7 Å². The van der Waals surface area contributed by atoms with E-state index >= 15 is 0 Å². The van der Waals surface area contributed by atoms with Crippen LogP contribution in [0, 0.1) is 0 Å². The first-order valence-corrected chi connectivity index (χ1v) is 16.5. The van der Waals surface area contributed by atoms with E-state index in [0.29, 0.717) is 5.25 Å². The summed E-state index contributed by atoms with van der Waals surface area (Å²) in [4.78, 5) is 9.39. The molecule has 1 aliphatic rings. The van der Waals surface area contributed by atoms with Crippen molar-refractivity contribution in [2.45, 2.75) is 45.9 Å². The van der Waals surface area contributed by atoms with Crippen LogP contribution in [-0.4, -0.2) is 5.25 Å². The van der Waals surface area contributed by atoms with Crippen LogP contribution in [0.4, 0.5) is 0 Å². The first kappa shape index (κ1) is 25.9. The Morgan fingerprint density at radius 2 is 1.00 bits per heavy atom. The molecule has 0 saturated carbocycles. The summed E-state index contributed by atoms with van der Waals surface area (Å²) in [5, 5.41) is 0.486. The fourth-order valence-electron chi connectivity index (χ4n) is 4.78. The van der Waals surface area contributed by atoms with Crippen LogP contribution >= 0.6 is 11.8 Å². The van der Waals surface area contributed by atoms with E-state index in [4.69, 9.17) is 0 Å². The van der Waals surface area contributed by atoms with Crippen LogP contribution in [0.25, 0.3) is 0 Å². The molecule has 0 amide bonds. The van der Waals surface area contributed by atoms with Crippen molar-refractivity contribution in [2.75, 3.05) is 0 Å². The Labute approximate surface area is 242 Å². The van der Waals surface area contributed by atoms with Crippen molar-refractivity contribution in [1.82, 2.24) is 0 Å². The van der Waals surface area contributed by atoms with E-state index in [2.05, 4.69) is 164 Å². The third-order valence-corrected chi connectivity index (χ3v) is 12.2. The van der Waals surface area contributed by atoms with Gasteiger partial charge < -0.3 is 0 Å². The maximum Gasteiger partial charge on any atom is 0.167 e. The molecule has 5 aromatic rings. The van der Waals surface area contributed by atoms with Crippen LogP contribution in [-0.2, 0) is 21.8 Å². The van der Waals surface area contributed by atoms with Gasteiger partial charge in [0.15, 0.2) is 29.7 Å². The van der Waals surface area contributed by atoms with Crippen molar-refractivity contribution >= 4 is 33.6 Å². The molecule has 0 aliphatic heterocycles. The molecule has 0 aromatic heterocycles.